The minimum atomic E-state index is -2.07. The molecule has 0 aliphatic carbocycles. The molecule has 1 saturated heterocycles. The molecular formula is C28H42N12O9S. The Morgan fingerprint density at radius 3 is 1.68 bits per heavy atom. The lowest BCUT2D eigenvalue weighted by molar-refractivity contribution is -0.127. The highest BCUT2D eigenvalue weighted by Gasteiger charge is 2.33. The van der Waals surface area contributed by atoms with Crippen LogP contribution >= 0.6 is 0 Å². The topological polar surface area (TPSA) is 316 Å². The molecule has 1 heterocycles. The molecule has 0 aromatic rings. The van der Waals surface area contributed by atoms with Crippen LogP contribution in [-0.4, -0.2) is 85.0 Å². The first-order valence-corrected chi connectivity index (χ1v) is 16.1. The number of aliphatic hydroxyl groups is 2. The van der Waals surface area contributed by atoms with Gasteiger partial charge in [-0.25, -0.2) is 18.4 Å². The third-order valence-corrected chi connectivity index (χ3v) is 7.30. The van der Waals surface area contributed by atoms with E-state index in [1.165, 1.54) is 0 Å². The predicted octanol–water partition coefficient (Wildman–Crippen LogP) is 4.65. The summed E-state index contributed by atoms with van der Waals surface area (Å²) in [5.74, 6) is 0. The van der Waals surface area contributed by atoms with Crippen molar-refractivity contribution in [2.75, 3.05) is 52.7 Å². The maximum atomic E-state index is 9.25. The van der Waals surface area contributed by atoms with Gasteiger partial charge < -0.3 is 34.1 Å². The number of hydrogen-bond acceptors (Lipinski definition) is 12. The highest BCUT2D eigenvalue weighted by molar-refractivity contribution is 7.76. The van der Waals surface area contributed by atoms with Crippen LogP contribution in [0.3, 0.4) is 0 Å². The van der Waals surface area contributed by atoms with E-state index >= 15 is 0 Å². The van der Waals surface area contributed by atoms with Crippen LogP contribution in [-0.2, 0) is 29.8 Å². The fourth-order valence-electron chi connectivity index (χ4n) is 4.20. The first-order chi connectivity index (χ1) is 24.2. The summed E-state index contributed by atoms with van der Waals surface area (Å²) in [5, 5.41) is 73.3. The summed E-state index contributed by atoms with van der Waals surface area (Å²) >= 11 is -2.07. The van der Waals surface area contributed by atoms with Crippen molar-refractivity contribution >= 4 is 11.3 Å². The van der Waals surface area contributed by atoms with E-state index in [1.807, 2.05) is 5.29 Å². The Morgan fingerprint density at radius 1 is 0.840 bits per heavy atom. The molecule has 3 unspecified atom stereocenters. The summed E-state index contributed by atoms with van der Waals surface area (Å²) in [7, 11) is 0. The van der Waals surface area contributed by atoms with Gasteiger partial charge in [0.2, 0.25) is 24.3 Å². The zero-order valence-corrected chi connectivity index (χ0v) is 28.3. The molecule has 1 aliphatic rings. The van der Waals surface area contributed by atoms with Gasteiger partial charge in [-0.15, -0.1) is 9.24 Å². The summed E-state index contributed by atoms with van der Waals surface area (Å²) in [5.41, 5.74) is -0.601. The Bertz CT molecular complexity index is 1180. The molecule has 1 fully saturated rings. The summed E-state index contributed by atoms with van der Waals surface area (Å²) in [6.07, 6.45) is 4.60. The van der Waals surface area contributed by atoms with E-state index in [-0.39, 0.29) is 36.8 Å². The summed E-state index contributed by atoms with van der Waals surface area (Å²) < 4.78 is 30.5. The van der Waals surface area contributed by atoms with Crippen LogP contribution < -0.4 is 0 Å². The Balaban J connectivity index is 0. The Hall–Kier alpha value is -4.43. The number of hydrogen-bond donors (Lipinski definition) is 4. The van der Waals surface area contributed by atoms with Gasteiger partial charge in [-0.3, -0.25) is 4.55 Å². The molecule has 22 heteroatoms. The highest BCUT2D eigenvalue weighted by Crippen LogP contribution is 2.35. The maximum Gasteiger partial charge on any atom is 0.230 e. The molecule has 274 valence electrons. The number of ether oxygens (including phenoxy) is 3. The van der Waals surface area contributed by atoms with Crippen LogP contribution in [0.25, 0.3) is 9.69 Å². The molecule has 0 aromatic carbocycles. The maximum absolute atomic E-state index is 9.25. The van der Waals surface area contributed by atoms with Crippen molar-refractivity contribution in [1.29, 1.82) is 21.0 Å². The van der Waals surface area contributed by atoms with Gasteiger partial charge in [0.05, 0.1) is 63.9 Å². The Kier molecular flexibility index (Phi) is 31.6. The van der Waals surface area contributed by atoms with Crippen LogP contribution in [0.1, 0.15) is 64.2 Å². The summed E-state index contributed by atoms with van der Waals surface area (Å²) in [6.45, 7) is 16.3. The van der Waals surface area contributed by atoms with E-state index in [4.69, 9.17) is 63.3 Å². The molecular weight excluding hydrogens is 680 g/mol. The lowest BCUT2D eigenvalue weighted by atomic mass is 9.77. The highest BCUT2D eigenvalue weighted by atomic mass is 32.2. The van der Waals surface area contributed by atoms with Gasteiger partial charge in [0.15, 0.2) is 0 Å². The first kappa shape index (κ1) is 47.7. The zero-order chi connectivity index (χ0) is 37.8. The van der Waals surface area contributed by atoms with E-state index in [0.717, 1.165) is 6.61 Å². The first-order valence-electron chi connectivity index (χ1n) is 15.0. The smallest absolute Gasteiger partial charge is 0.230 e. The van der Waals surface area contributed by atoms with Crippen molar-refractivity contribution in [3.8, 4) is 24.3 Å². The zero-order valence-electron chi connectivity index (χ0n) is 27.5. The molecule has 0 aromatic heterocycles. The quantitative estimate of drug-likeness (QED) is 0.0249. The minimum absolute atomic E-state index is 0.00930. The largest absolute Gasteiger partial charge is 0.394 e. The fourth-order valence-corrected chi connectivity index (χ4v) is 4.33. The molecule has 0 radical (unpaired) electrons. The van der Waals surface area contributed by atoms with Crippen molar-refractivity contribution in [2.24, 2.45) is 41.5 Å². The van der Waals surface area contributed by atoms with Crippen molar-refractivity contribution in [1.82, 2.24) is 0 Å². The molecule has 4 N–H and O–H groups in total. The molecule has 0 bridgehead atoms. The van der Waals surface area contributed by atoms with Gasteiger partial charge in [-0.2, -0.15) is 21.0 Å². The third-order valence-electron chi connectivity index (χ3n) is 6.95. The second-order valence-corrected chi connectivity index (χ2v) is 11.3. The van der Waals surface area contributed by atoms with E-state index in [2.05, 4.69) is 63.7 Å². The van der Waals surface area contributed by atoms with Crippen molar-refractivity contribution in [3.63, 3.8) is 0 Å². The minimum Gasteiger partial charge on any atom is -0.394 e. The Morgan fingerprint density at radius 2 is 1.30 bits per heavy atom. The molecule has 50 heavy (non-hydrogen) atoms. The number of nitrogens with zero attached hydrogens (tertiary/aromatic N) is 12. The normalized spacial score (nSPS) is 14.6. The van der Waals surface area contributed by atoms with Gasteiger partial charge in [-0.05, 0) is 40.6 Å². The molecule has 1 rings (SSSR count). The molecule has 3 atom stereocenters. The van der Waals surface area contributed by atoms with E-state index in [9.17, 15) is 10.0 Å². The number of epoxide rings is 1. The summed E-state index contributed by atoms with van der Waals surface area (Å²) in [4.78, 5) is 15.9. The van der Waals surface area contributed by atoms with E-state index in [0.29, 0.717) is 90.5 Å². The lowest BCUT2D eigenvalue weighted by Crippen LogP contribution is -2.31. The number of rotatable bonds is 25. The van der Waals surface area contributed by atoms with Crippen LogP contribution in [0.4, 0.5) is 0 Å². The third kappa shape index (κ3) is 27.5. The average molecular weight is 723 g/mol. The monoisotopic (exact) mass is 722 g/mol. The van der Waals surface area contributed by atoms with E-state index < -0.39 is 17.4 Å². The van der Waals surface area contributed by atoms with E-state index in [1.54, 1.807) is 0 Å². The Labute approximate surface area is 293 Å². The second kappa shape index (κ2) is 33.1. The number of nitriles is 4. The van der Waals surface area contributed by atoms with Crippen molar-refractivity contribution in [3.05, 3.63) is 27.7 Å². The van der Waals surface area contributed by atoms with Crippen molar-refractivity contribution < 1.29 is 38.6 Å². The number of nitroso groups, excluding NO2 is 1. The number of aliphatic hydroxyl groups excluding tert-OH is 2. The van der Waals surface area contributed by atoms with Crippen LogP contribution in [0.5, 0.6) is 0 Å². The standard InChI is InChI=1S/C14H21N3O3.C14H19N3O2.H2N6O4S/c1-17-9-6-14(4-2-7-15,5-3-8-16)12-20-11-13(19)10-18;1-17-9-6-14(4-2-7-15,5-3-8-16)12-18-10-13-11-19-13;7-5-3-1-2-4-6-11(9)10-8/h13,18-19H,2-6,9-12H2;13H,2-6,9-12H2;8H,(H,2,3,6,7,9). The molecule has 0 amide bonds. The van der Waals surface area contributed by atoms with Gasteiger partial charge in [0.1, 0.15) is 17.5 Å². The molecule has 1 aliphatic heterocycles. The van der Waals surface area contributed by atoms with Gasteiger partial charge in [0.25, 0.3) is 0 Å². The van der Waals surface area contributed by atoms with Crippen LogP contribution in [0.15, 0.2) is 30.7 Å². The molecule has 0 saturated carbocycles. The van der Waals surface area contributed by atoms with Crippen LogP contribution in [0, 0.1) is 74.2 Å². The van der Waals surface area contributed by atoms with Crippen molar-refractivity contribution in [2.45, 2.75) is 76.4 Å². The van der Waals surface area contributed by atoms with Gasteiger partial charge in [-0.1, -0.05) is 0 Å². The van der Waals surface area contributed by atoms with Gasteiger partial charge >= 0.3 is 0 Å². The molecule has 21 nitrogen and oxygen atoms in total. The fraction of sp³-hybridized carbons (Fsp3) is 0.786. The SMILES string of the molecule is O=N/N=N/N=N/N=S(\O)OO.[C-]#[N+]CCC(CCC#N)(CCC#N)COCC(O)CO.[C-]#[N+]CCC(CCC#N)(CCC#N)COCC1CO1. The predicted molar refractivity (Wildman–Crippen MR) is 173 cm³/mol. The second-order valence-electron chi connectivity index (χ2n) is 10.5. The van der Waals surface area contributed by atoms with Crippen LogP contribution in [0.2, 0.25) is 0 Å². The van der Waals surface area contributed by atoms with Gasteiger partial charge in [0, 0.05) is 59.8 Å². The molecule has 0 spiro atoms. The summed E-state index contributed by atoms with van der Waals surface area (Å²) in [6, 6.07) is 8.46. The lowest BCUT2D eigenvalue weighted by Gasteiger charge is -2.31. The average Bonchev–Trinajstić information content (AvgIpc) is 3.97.